The number of nitrogens with one attached hydrogen (secondary N) is 1. The minimum atomic E-state index is -0.491. The molecule has 0 unspecified atom stereocenters. The number of ether oxygens (including phenoxy) is 2. The molecule has 0 aliphatic heterocycles. The van der Waals surface area contributed by atoms with Crippen LogP contribution in [0.25, 0.3) is 0 Å². The summed E-state index contributed by atoms with van der Waals surface area (Å²) in [6, 6.07) is 15.9. The highest BCUT2D eigenvalue weighted by Crippen LogP contribution is 2.22. The number of benzene rings is 2. The van der Waals surface area contributed by atoms with Crippen LogP contribution in [-0.4, -0.2) is 25.2 Å². The quantitative estimate of drug-likeness (QED) is 0.706. The lowest BCUT2D eigenvalue weighted by Crippen LogP contribution is -2.39. The molecule has 2 aromatic rings. The zero-order valence-electron chi connectivity index (χ0n) is 15.2. The molecule has 0 radical (unpaired) electrons. The number of hydrogen-bond donors (Lipinski definition) is 1. The van der Waals surface area contributed by atoms with Crippen molar-refractivity contribution in [1.29, 1.82) is 0 Å². The molecule has 4 heteroatoms. The molecule has 0 aliphatic carbocycles. The molecule has 1 amide bonds. The zero-order valence-corrected chi connectivity index (χ0v) is 15.2. The average Bonchev–Trinajstić information content (AvgIpc) is 2.63. The van der Waals surface area contributed by atoms with Crippen molar-refractivity contribution in [2.24, 2.45) is 0 Å². The fourth-order valence-corrected chi connectivity index (χ4v) is 2.45. The maximum Gasteiger partial charge on any atom is 0.261 e. The van der Waals surface area contributed by atoms with Gasteiger partial charge < -0.3 is 14.8 Å². The minimum Gasteiger partial charge on any atom is -0.480 e. The van der Waals surface area contributed by atoms with Crippen LogP contribution >= 0.6 is 0 Å². The fourth-order valence-electron chi connectivity index (χ4n) is 2.45. The third-order valence-corrected chi connectivity index (χ3v) is 4.14. The Kier molecular flexibility index (Phi) is 7.48. The standard InChI is InChI=1S/C21H27NO3/c1-4-19(25-20-12-8-9-16(2)17(20)3)21(23)22-13-14-24-15-18-10-6-5-7-11-18/h5-12,19H,4,13-15H2,1-3H3,(H,22,23)/t19-/m0/s1. The Balaban J connectivity index is 1.75. The van der Waals surface area contributed by atoms with Crippen LogP contribution in [0.15, 0.2) is 48.5 Å². The first kappa shape index (κ1) is 19.0. The highest BCUT2D eigenvalue weighted by molar-refractivity contribution is 5.81. The van der Waals surface area contributed by atoms with Gasteiger partial charge in [-0.1, -0.05) is 49.4 Å². The number of hydrogen-bond acceptors (Lipinski definition) is 3. The van der Waals surface area contributed by atoms with Gasteiger partial charge in [-0.2, -0.15) is 0 Å². The summed E-state index contributed by atoms with van der Waals surface area (Å²) in [5.74, 6) is 0.661. The molecule has 2 rings (SSSR count). The predicted molar refractivity (Wildman–Crippen MR) is 99.7 cm³/mol. The van der Waals surface area contributed by atoms with E-state index in [1.165, 1.54) is 0 Å². The number of aryl methyl sites for hydroxylation is 1. The largest absolute Gasteiger partial charge is 0.480 e. The SMILES string of the molecule is CC[C@H](Oc1cccc(C)c1C)C(=O)NCCOCc1ccccc1. The first-order valence-electron chi connectivity index (χ1n) is 8.74. The van der Waals surface area contributed by atoms with Crippen LogP contribution in [0.1, 0.15) is 30.0 Å². The second kappa shape index (κ2) is 9.84. The Morgan fingerprint density at radius 2 is 1.84 bits per heavy atom. The number of rotatable bonds is 9. The lowest BCUT2D eigenvalue weighted by molar-refractivity contribution is -0.128. The zero-order chi connectivity index (χ0) is 18.1. The van der Waals surface area contributed by atoms with Crippen molar-refractivity contribution in [1.82, 2.24) is 5.32 Å². The van der Waals surface area contributed by atoms with Crippen molar-refractivity contribution in [2.45, 2.75) is 39.9 Å². The summed E-state index contributed by atoms with van der Waals surface area (Å²) < 4.78 is 11.5. The maximum atomic E-state index is 12.3. The smallest absolute Gasteiger partial charge is 0.261 e. The van der Waals surface area contributed by atoms with Crippen LogP contribution in [0.2, 0.25) is 0 Å². The molecule has 0 saturated carbocycles. The van der Waals surface area contributed by atoms with E-state index in [2.05, 4.69) is 5.32 Å². The van der Waals surface area contributed by atoms with E-state index in [-0.39, 0.29) is 5.91 Å². The molecule has 134 valence electrons. The third kappa shape index (κ3) is 5.91. The lowest BCUT2D eigenvalue weighted by atomic mass is 10.1. The minimum absolute atomic E-state index is 0.105. The van der Waals surface area contributed by atoms with Gasteiger partial charge in [-0.15, -0.1) is 0 Å². The Morgan fingerprint density at radius 3 is 2.56 bits per heavy atom. The van der Waals surface area contributed by atoms with Crippen LogP contribution in [0.4, 0.5) is 0 Å². The molecule has 1 atom stereocenters. The number of carbonyl (C=O) groups is 1. The molecule has 0 fully saturated rings. The van der Waals surface area contributed by atoms with Gasteiger partial charge in [0.05, 0.1) is 13.2 Å². The van der Waals surface area contributed by atoms with Gasteiger partial charge in [0.25, 0.3) is 5.91 Å². The molecule has 0 spiro atoms. The molecule has 0 heterocycles. The van der Waals surface area contributed by atoms with E-state index in [1.807, 2.05) is 69.3 Å². The summed E-state index contributed by atoms with van der Waals surface area (Å²) in [4.78, 5) is 12.3. The Labute approximate surface area is 150 Å². The summed E-state index contributed by atoms with van der Waals surface area (Å²) in [6.07, 6.45) is 0.124. The van der Waals surface area contributed by atoms with Crippen molar-refractivity contribution < 1.29 is 14.3 Å². The van der Waals surface area contributed by atoms with E-state index in [1.54, 1.807) is 0 Å². The van der Waals surface area contributed by atoms with Crippen molar-refractivity contribution in [3.8, 4) is 5.75 Å². The van der Waals surface area contributed by atoms with Crippen LogP contribution in [0, 0.1) is 13.8 Å². The second-order valence-electron chi connectivity index (χ2n) is 6.04. The van der Waals surface area contributed by atoms with Crippen LogP contribution < -0.4 is 10.1 Å². The topological polar surface area (TPSA) is 47.6 Å². The first-order chi connectivity index (χ1) is 12.1. The first-order valence-corrected chi connectivity index (χ1v) is 8.74. The second-order valence-corrected chi connectivity index (χ2v) is 6.04. The van der Waals surface area contributed by atoms with Crippen molar-refractivity contribution in [2.75, 3.05) is 13.2 Å². The summed E-state index contributed by atoms with van der Waals surface area (Å²) >= 11 is 0. The molecule has 0 bridgehead atoms. The predicted octanol–water partition coefficient (Wildman–Crippen LogP) is 3.79. The molecule has 0 aliphatic rings. The molecule has 25 heavy (non-hydrogen) atoms. The van der Waals surface area contributed by atoms with Gasteiger partial charge in [0.2, 0.25) is 0 Å². The molecule has 2 aromatic carbocycles. The highest BCUT2D eigenvalue weighted by Gasteiger charge is 2.18. The van der Waals surface area contributed by atoms with Crippen molar-refractivity contribution >= 4 is 5.91 Å². The van der Waals surface area contributed by atoms with E-state index in [0.717, 1.165) is 22.4 Å². The normalized spacial score (nSPS) is 11.8. The average molecular weight is 341 g/mol. The highest BCUT2D eigenvalue weighted by atomic mass is 16.5. The summed E-state index contributed by atoms with van der Waals surface area (Å²) in [7, 11) is 0. The summed E-state index contributed by atoms with van der Waals surface area (Å²) in [5, 5.41) is 2.89. The van der Waals surface area contributed by atoms with Crippen LogP contribution in [0.5, 0.6) is 5.75 Å². The molecular weight excluding hydrogens is 314 g/mol. The van der Waals surface area contributed by atoms with Crippen molar-refractivity contribution in [3.05, 3.63) is 65.2 Å². The monoisotopic (exact) mass is 341 g/mol. The molecular formula is C21H27NO3. The Morgan fingerprint density at radius 1 is 1.08 bits per heavy atom. The van der Waals surface area contributed by atoms with Gasteiger partial charge in [-0.25, -0.2) is 0 Å². The molecule has 0 aromatic heterocycles. The summed E-state index contributed by atoms with van der Waals surface area (Å²) in [5.41, 5.74) is 3.35. The van der Waals surface area contributed by atoms with E-state index >= 15 is 0 Å². The van der Waals surface area contributed by atoms with E-state index in [9.17, 15) is 4.79 Å². The van der Waals surface area contributed by atoms with Gasteiger partial charge in [0, 0.05) is 6.54 Å². The van der Waals surface area contributed by atoms with Gasteiger partial charge in [-0.3, -0.25) is 4.79 Å². The Hall–Kier alpha value is -2.33. The van der Waals surface area contributed by atoms with Gasteiger partial charge in [-0.05, 0) is 43.0 Å². The van der Waals surface area contributed by atoms with E-state index < -0.39 is 6.10 Å². The van der Waals surface area contributed by atoms with E-state index in [4.69, 9.17) is 9.47 Å². The number of amides is 1. The third-order valence-electron chi connectivity index (χ3n) is 4.14. The maximum absolute atomic E-state index is 12.3. The van der Waals surface area contributed by atoms with Gasteiger partial charge in [0.15, 0.2) is 6.10 Å². The van der Waals surface area contributed by atoms with Crippen LogP contribution in [0.3, 0.4) is 0 Å². The van der Waals surface area contributed by atoms with Crippen LogP contribution in [-0.2, 0) is 16.1 Å². The Bertz CT molecular complexity index is 670. The number of carbonyl (C=O) groups excluding carboxylic acids is 1. The lowest BCUT2D eigenvalue weighted by Gasteiger charge is -2.19. The molecule has 1 N–H and O–H groups in total. The van der Waals surface area contributed by atoms with Crippen molar-refractivity contribution in [3.63, 3.8) is 0 Å². The molecule has 4 nitrogen and oxygen atoms in total. The van der Waals surface area contributed by atoms with Gasteiger partial charge >= 0.3 is 0 Å². The summed E-state index contributed by atoms with van der Waals surface area (Å²) in [6.45, 7) is 7.48. The molecule has 0 saturated heterocycles. The van der Waals surface area contributed by atoms with E-state index in [0.29, 0.717) is 26.2 Å². The fraction of sp³-hybridized carbons (Fsp3) is 0.381. The van der Waals surface area contributed by atoms with Gasteiger partial charge in [0.1, 0.15) is 5.75 Å².